The number of hydrogen-bond acceptors (Lipinski definition) is 5. The lowest BCUT2D eigenvalue weighted by Gasteiger charge is -2.21. The van der Waals surface area contributed by atoms with Crippen LogP contribution >= 0.6 is 0 Å². The highest BCUT2D eigenvalue weighted by molar-refractivity contribution is 6.07. The number of ether oxygens (including phenoxy) is 2. The van der Waals surface area contributed by atoms with Crippen LogP contribution in [0, 0.1) is 18.8 Å². The summed E-state index contributed by atoms with van der Waals surface area (Å²) in [6.45, 7) is 3.78. The normalized spacial score (nSPS) is 23.5. The van der Waals surface area contributed by atoms with E-state index in [2.05, 4.69) is 0 Å². The number of esters is 1. The molecule has 140 valence electrons. The highest BCUT2D eigenvalue weighted by Gasteiger charge is 2.51. The molecule has 0 radical (unpaired) electrons. The smallest absolute Gasteiger partial charge is 0.329 e. The Balaban J connectivity index is 1.51. The summed E-state index contributed by atoms with van der Waals surface area (Å²) in [4.78, 5) is 38.4. The van der Waals surface area contributed by atoms with Gasteiger partial charge in [-0.15, -0.1) is 0 Å². The molecule has 0 bridgehead atoms. The molecule has 0 aromatic heterocycles. The van der Waals surface area contributed by atoms with Gasteiger partial charge >= 0.3 is 5.97 Å². The molecule has 1 heterocycles. The first-order valence-electron chi connectivity index (χ1n) is 9.22. The van der Waals surface area contributed by atoms with Crippen molar-refractivity contribution in [1.29, 1.82) is 0 Å². The number of rotatable bonds is 6. The van der Waals surface area contributed by atoms with Crippen molar-refractivity contribution in [1.82, 2.24) is 4.90 Å². The van der Waals surface area contributed by atoms with Crippen LogP contribution in [0.5, 0.6) is 5.75 Å². The summed E-state index contributed by atoms with van der Waals surface area (Å²) in [5.41, 5.74) is 1.00. The third-order valence-corrected chi connectivity index (χ3v) is 5.28. The minimum absolute atomic E-state index is 0.0700. The highest BCUT2D eigenvalue weighted by Crippen LogP contribution is 2.38. The molecule has 1 aromatic rings. The van der Waals surface area contributed by atoms with Crippen LogP contribution < -0.4 is 4.74 Å². The fraction of sp³-hybridized carbons (Fsp3) is 0.550. The van der Waals surface area contributed by atoms with E-state index in [1.54, 1.807) is 6.92 Å². The van der Waals surface area contributed by atoms with Crippen LogP contribution in [0.15, 0.2) is 24.3 Å². The molecule has 3 atom stereocenters. The average Bonchev–Trinajstić information content (AvgIpc) is 2.90. The summed E-state index contributed by atoms with van der Waals surface area (Å²) in [6.07, 6.45) is 3.39. The van der Waals surface area contributed by atoms with Crippen LogP contribution in [0.4, 0.5) is 0 Å². The van der Waals surface area contributed by atoms with Crippen molar-refractivity contribution in [2.24, 2.45) is 11.8 Å². The van der Waals surface area contributed by atoms with Gasteiger partial charge in [-0.1, -0.05) is 31.0 Å². The molecule has 6 nitrogen and oxygen atoms in total. The Kier molecular flexibility index (Phi) is 5.59. The minimum atomic E-state index is -0.890. The molecule has 3 rings (SSSR count). The van der Waals surface area contributed by atoms with Crippen molar-refractivity contribution in [3.8, 4) is 5.75 Å². The highest BCUT2D eigenvalue weighted by atomic mass is 16.6. The number of carbonyl (C=O) groups is 3. The van der Waals surface area contributed by atoms with Crippen LogP contribution in [-0.2, 0) is 19.1 Å². The Morgan fingerprint density at radius 3 is 2.35 bits per heavy atom. The Hall–Kier alpha value is -2.37. The van der Waals surface area contributed by atoms with Gasteiger partial charge in [0.05, 0.1) is 11.8 Å². The van der Waals surface area contributed by atoms with Crippen molar-refractivity contribution in [3.05, 3.63) is 29.8 Å². The number of carbonyl (C=O) groups excluding carboxylic acids is 3. The standard InChI is InChI=1S/C20H25NO5/c1-13-7-3-6-10-17(13)25-11-12-26-20(24)14(2)21-18(22)15-8-4-5-9-16(15)19(21)23/h3,6-7,10,14-16H,4-5,8-9,11-12H2,1-2H3. The largest absolute Gasteiger partial charge is 0.490 e. The second kappa shape index (κ2) is 7.89. The van der Waals surface area contributed by atoms with Gasteiger partial charge in [0.25, 0.3) is 0 Å². The number of amides is 2. The molecule has 2 fully saturated rings. The van der Waals surface area contributed by atoms with Gasteiger partial charge in [-0.2, -0.15) is 0 Å². The van der Waals surface area contributed by atoms with E-state index in [-0.39, 0.29) is 36.9 Å². The zero-order valence-corrected chi connectivity index (χ0v) is 15.3. The lowest BCUT2D eigenvalue weighted by atomic mass is 9.81. The van der Waals surface area contributed by atoms with Crippen LogP contribution in [0.1, 0.15) is 38.2 Å². The minimum Gasteiger partial charge on any atom is -0.490 e. The van der Waals surface area contributed by atoms with Gasteiger partial charge in [-0.25, -0.2) is 4.79 Å². The maximum Gasteiger partial charge on any atom is 0.329 e. The lowest BCUT2D eigenvalue weighted by molar-refractivity contribution is -0.158. The van der Waals surface area contributed by atoms with Crippen molar-refractivity contribution in [2.45, 2.75) is 45.6 Å². The van der Waals surface area contributed by atoms with Gasteiger partial charge in [0.15, 0.2) is 0 Å². The van der Waals surface area contributed by atoms with Gasteiger partial charge in [0.2, 0.25) is 11.8 Å². The summed E-state index contributed by atoms with van der Waals surface area (Å²) in [7, 11) is 0. The van der Waals surface area contributed by atoms with Gasteiger partial charge in [-0.3, -0.25) is 14.5 Å². The molecule has 2 amide bonds. The fourth-order valence-electron chi connectivity index (χ4n) is 3.81. The summed E-state index contributed by atoms with van der Waals surface area (Å²) in [6, 6.07) is 6.70. The van der Waals surface area contributed by atoms with E-state index in [9.17, 15) is 14.4 Å². The molecular weight excluding hydrogens is 334 g/mol. The van der Waals surface area contributed by atoms with Crippen LogP contribution in [0.2, 0.25) is 0 Å². The van der Waals surface area contributed by atoms with Gasteiger partial charge in [0, 0.05) is 0 Å². The zero-order chi connectivity index (χ0) is 18.7. The fourth-order valence-corrected chi connectivity index (χ4v) is 3.81. The van der Waals surface area contributed by atoms with Gasteiger partial charge in [0.1, 0.15) is 25.0 Å². The Morgan fingerprint density at radius 1 is 1.12 bits per heavy atom. The second-order valence-electron chi connectivity index (χ2n) is 7.00. The van der Waals surface area contributed by atoms with Crippen molar-refractivity contribution in [2.75, 3.05) is 13.2 Å². The molecule has 26 heavy (non-hydrogen) atoms. The average molecular weight is 359 g/mol. The summed E-state index contributed by atoms with van der Waals surface area (Å²) >= 11 is 0. The molecule has 3 unspecified atom stereocenters. The number of hydrogen-bond donors (Lipinski definition) is 0. The summed E-state index contributed by atoms with van der Waals surface area (Å²) in [5.74, 6) is -0.781. The first kappa shape index (κ1) is 18.4. The first-order valence-corrected chi connectivity index (χ1v) is 9.22. The number of aryl methyl sites for hydroxylation is 1. The molecule has 1 aliphatic heterocycles. The third-order valence-electron chi connectivity index (χ3n) is 5.28. The van der Waals surface area contributed by atoms with Crippen LogP contribution in [0.25, 0.3) is 0 Å². The van der Waals surface area contributed by atoms with Gasteiger partial charge < -0.3 is 9.47 Å². The maximum atomic E-state index is 12.5. The van der Waals surface area contributed by atoms with Crippen LogP contribution in [-0.4, -0.2) is 41.9 Å². The Labute approximate surface area is 153 Å². The number of likely N-dealkylation sites (tertiary alicyclic amines) is 1. The van der Waals surface area contributed by atoms with E-state index in [0.717, 1.165) is 41.9 Å². The number of benzene rings is 1. The number of nitrogens with zero attached hydrogens (tertiary/aromatic N) is 1. The van der Waals surface area contributed by atoms with Crippen molar-refractivity contribution >= 4 is 17.8 Å². The molecule has 2 aliphatic rings. The van der Waals surface area contributed by atoms with E-state index >= 15 is 0 Å². The molecule has 1 aromatic carbocycles. The third kappa shape index (κ3) is 3.59. The SMILES string of the molecule is Cc1ccccc1OCCOC(=O)C(C)N1C(=O)C2CCCCC2C1=O. The maximum absolute atomic E-state index is 12.5. The monoisotopic (exact) mass is 359 g/mol. The molecule has 6 heteroatoms. The predicted octanol–water partition coefficient (Wildman–Crippen LogP) is 2.48. The quantitative estimate of drug-likeness (QED) is 0.443. The summed E-state index contributed by atoms with van der Waals surface area (Å²) < 4.78 is 10.8. The molecule has 1 saturated heterocycles. The summed E-state index contributed by atoms with van der Waals surface area (Å²) in [5, 5.41) is 0. The van der Waals surface area contributed by atoms with E-state index in [1.807, 2.05) is 31.2 Å². The van der Waals surface area contributed by atoms with E-state index in [1.165, 1.54) is 0 Å². The predicted molar refractivity (Wildman–Crippen MR) is 94.4 cm³/mol. The lowest BCUT2D eigenvalue weighted by Crippen LogP contribution is -2.44. The van der Waals surface area contributed by atoms with E-state index in [4.69, 9.17) is 9.47 Å². The van der Waals surface area contributed by atoms with E-state index < -0.39 is 12.0 Å². The number of para-hydroxylation sites is 1. The Bertz CT molecular complexity index is 677. The molecular formula is C20H25NO5. The zero-order valence-electron chi connectivity index (χ0n) is 15.3. The number of imide groups is 1. The topological polar surface area (TPSA) is 72.9 Å². The van der Waals surface area contributed by atoms with Gasteiger partial charge in [-0.05, 0) is 38.3 Å². The molecule has 0 N–H and O–H groups in total. The molecule has 1 aliphatic carbocycles. The molecule has 1 saturated carbocycles. The first-order chi connectivity index (χ1) is 12.5. The second-order valence-corrected chi connectivity index (χ2v) is 7.00. The van der Waals surface area contributed by atoms with E-state index in [0.29, 0.717) is 0 Å². The number of fused-ring (bicyclic) bond motifs is 1. The van der Waals surface area contributed by atoms with Crippen LogP contribution in [0.3, 0.4) is 0 Å². The van der Waals surface area contributed by atoms with Crippen molar-refractivity contribution < 1.29 is 23.9 Å². The Morgan fingerprint density at radius 2 is 1.73 bits per heavy atom. The molecule has 0 spiro atoms. The van der Waals surface area contributed by atoms with Crippen molar-refractivity contribution in [3.63, 3.8) is 0 Å².